The van der Waals surface area contributed by atoms with Crippen molar-refractivity contribution in [2.75, 3.05) is 7.11 Å². The molecule has 2 unspecified atom stereocenters. The summed E-state index contributed by atoms with van der Waals surface area (Å²) in [7, 11) is 1.44. The smallest absolute Gasteiger partial charge is 0.252 e. The number of hydrogen-bond donors (Lipinski definition) is 1. The highest BCUT2D eigenvalue weighted by Gasteiger charge is 2.19. The molecule has 2 rings (SSSR count). The standard InChI is InChI=1S/C17H16F2N4O3/c1-10(18)26-17-13(19)5-3-11(8-22-17)16(24)21-9-14-15(25-2)6-4-12(7-20)23-14/h3-6,8,10-11H,9H2,1-2H3,(H,21,24). The zero-order valence-corrected chi connectivity index (χ0v) is 14.1. The minimum Gasteiger partial charge on any atom is -0.495 e. The van der Waals surface area contributed by atoms with E-state index in [1.165, 1.54) is 19.3 Å². The molecule has 1 N–H and O–H groups in total. The lowest BCUT2D eigenvalue weighted by Crippen LogP contribution is -2.30. The number of nitrogens with one attached hydrogen (secondary N) is 1. The van der Waals surface area contributed by atoms with Gasteiger partial charge in [0.2, 0.25) is 12.3 Å². The molecule has 0 fully saturated rings. The molecule has 1 aliphatic heterocycles. The third-order valence-electron chi connectivity index (χ3n) is 3.28. The summed E-state index contributed by atoms with van der Waals surface area (Å²) < 4.78 is 36.3. The first-order valence-electron chi connectivity index (χ1n) is 7.59. The van der Waals surface area contributed by atoms with Crippen LogP contribution in [-0.4, -0.2) is 30.6 Å². The number of nitrogens with zero attached hydrogens (tertiary/aromatic N) is 3. The van der Waals surface area contributed by atoms with Gasteiger partial charge in [-0.3, -0.25) is 4.79 Å². The fourth-order valence-corrected chi connectivity index (χ4v) is 2.07. The Bertz CT molecular complexity index is 813. The second-order valence-corrected chi connectivity index (χ2v) is 5.15. The van der Waals surface area contributed by atoms with E-state index in [-0.39, 0.29) is 12.2 Å². The molecule has 1 amide bonds. The molecule has 0 aliphatic carbocycles. The number of carbonyl (C=O) groups is 1. The Kier molecular flexibility index (Phi) is 6.38. The lowest BCUT2D eigenvalue weighted by atomic mass is 10.1. The predicted molar refractivity (Wildman–Crippen MR) is 88.3 cm³/mol. The number of halogens is 2. The van der Waals surface area contributed by atoms with Crippen LogP contribution in [0.5, 0.6) is 5.75 Å². The molecule has 0 radical (unpaired) electrons. The maximum Gasteiger partial charge on any atom is 0.252 e. The third kappa shape index (κ3) is 4.86. The van der Waals surface area contributed by atoms with Crippen molar-refractivity contribution < 1.29 is 23.0 Å². The summed E-state index contributed by atoms with van der Waals surface area (Å²) in [5.74, 6) is -2.38. The Balaban J connectivity index is 2.06. The zero-order valence-electron chi connectivity index (χ0n) is 14.1. The summed E-state index contributed by atoms with van der Waals surface area (Å²) in [4.78, 5) is 20.0. The number of methoxy groups -OCH3 is 1. The van der Waals surface area contributed by atoms with Crippen LogP contribution in [0.1, 0.15) is 18.3 Å². The molecule has 0 saturated carbocycles. The Morgan fingerprint density at radius 2 is 2.27 bits per heavy atom. The molecule has 0 aromatic carbocycles. The number of carbonyl (C=O) groups excluding carboxylic acids is 1. The summed E-state index contributed by atoms with van der Waals surface area (Å²) in [6, 6.07) is 4.96. The topological polar surface area (TPSA) is 96.6 Å². The minimum atomic E-state index is -1.74. The molecule has 1 aromatic rings. The summed E-state index contributed by atoms with van der Waals surface area (Å²) in [5.41, 5.74) is 0.549. The first-order chi connectivity index (χ1) is 12.4. The molecule has 0 bridgehead atoms. The molecule has 26 heavy (non-hydrogen) atoms. The second-order valence-electron chi connectivity index (χ2n) is 5.15. The highest BCUT2D eigenvalue weighted by molar-refractivity contribution is 5.96. The molecule has 1 aromatic heterocycles. The first-order valence-corrected chi connectivity index (χ1v) is 7.59. The number of aliphatic imine (C=N–C) groups is 1. The van der Waals surface area contributed by atoms with Gasteiger partial charge in [-0.1, -0.05) is 6.08 Å². The molecule has 136 valence electrons. The predicted octanol–water partition coefficient (Wildman–Crippen LogP) is 2.31. The van der Waals surface area contributed by atoms with Crippen molar-refractivity contribution in [3.8, 4) is 11.8 Å². The fourth-order valence-electron chi connectivity index (χ4n) is 2.07. The van der Waals surface area contributed by atoms with Crippen LogP contribution in [-0.2, 0) is 16.1 Å². The highest BCUT2D eigenvalue weighted by atomic mass is 19.1. The third-order valence-corrected chi connectivity index (χ3v) is 3.28. The van der Waals surface area contributed by atoms with Crippen LogP contribution in [0.15, 0.2) is 41.0 Å². The fraction of sp³-hybridized carbons (Fsp3) is 0.294. The lowest BCUT2D eigenvalue weighted by molar-refractivity contribution is -0.122. The Labute approximate surface area is 148 Å². The summed E-state index contributed by atoms with van der Waals surface area (Å²) in [5, 5.41) is 11.5. The van der Waals surface area contributed by atoms with Crippen molar-refractivity contribution in [3.05, 3.63) is 47.4 Å². The zero-order chi connectivity index (χ0) is 19.1. The van der Waals surface area contributed by atoms with E-state index in [9.17, 15) is 13.6 Å². The van der Waals surface area contributed by atoms with Gasteiger partial charge in [-0.25, -0.2) is 18.8 Å². The number of rotatable bonds is 6. The molecule has 9 heteroatoms. The summed E-state index contributed by atoms with van der Waals surface area (Å²) in [6.45, 7) is 1.08. The molecule has 7 nitrogen and oxygen atoms in total. The van der Waals surface area contributed by atoms with E-state index >= 15 is 0 Å². The maximum absolute atomic E-state index is 13.7. The van der Waals surface area contributed by atoms with Gasteiger partial charge in [-0.15, -0.1) is 0 Å². The Hall–Kier alpha value is -3.28. The molecule has 2 heterocycles. The number of aromatic nitrogens is 1. The van der Waals surface area contributed by atoms with Gasteiger partial charge in [0.05, 0.1) is 19.6 Å². The molecule has 1 aliphatic rings. The minimum absolute atomic E-state index is 0.00348. The van der Waals surface area contributed by atoms with Gasteiger partial charge in [-0.2, -0.15) is 5.26 Å². The lowest BCUT2D eigenvalue weighted by Gasteiger charge is -2.11. The van der Waals surface area contributed by atoms with Gasteiger partial charge in [0.15, 0.2) is 5.83 Å². The van der Waals surface area contributed by atoms with Crippen molar-refractivity contribution in [3.63, 3.8) is 0 Å². The van der Waals surface area contributed by atoms with Crippen LogP contribution >= 0.6 is 0 Å². The molecule has 0 saturated heterocycles. The van der Waals surface area contributed by atoms with Gasteiger partial charge in [0.25, 0.3) is 5.88 Å². The monoisotopic (exact) mass is 362 g/mol. The van der Waals surface area contributed by atoms with Crippen LogP contribution < -0.4 is 10.1 Å². The quantitative estimate of drug-likeness (QED) is 0.838. The van der Waals surface area contributed by atoms with E-state index in [2.05, 4.69) is 20.0 Å². The van der Waals surface area contributed by atoms with Gasteiger partial charge in [-0.05, 0) is 18.2 Å². The van der Waals surface area contributed by atoms with Gasteiger partial charge < -0.3 is 14.8 Å². The number of nitriles is 1. The highest BCUT2D eigenvalue weighted by Crippen LogP contribution is 2.19. The largest absolute Gasteiger partial charge is 0.495 e. The Morgan fingerprint density at radius 3 is 2.92 bits per heavy atom. The normalized spacial score (nSPS) is 17.3. The number of hydrogen-bond acceptors (Lipinski definition) is 6. The number of amides is 1. The van der Waals surface area contributed by atoms with Crippen molar-refractivity contribution in [1.82, 2.24) is 10.3 Å². The van der Waals surface area contributed by atoms with Gasteiger partial charge in [0.1, 0.15) is 23.2 Å². The van der Waals surface area contributed by atoms with E-state index in [0.29, 0.717) is 11.4 Å². The van der Waals surface area contributed by atoms with Crippen molar-refractivity contribution in [2.45, 2.75) is 19.8 Å². The van der Waals surface area contributed by atoms with E-state index in [1.807, 2.05) is 6.07 Å². The maximum atomic E-state index is 13.7. The number of pyridine rings is 1. The molecular formula is C17H16F2N4O3. The van der Waals surface area contributed by atoms with E-state index < -0.39 is 29.9 Å². The van der Waals surface area contributed by atoms with Crippen LogP contribution in [0, 0.1) is 17.2 Å². The van der Waals surface area contributed by atoms with Gasteiger partial charge in [0, 0.05) is 13.1 Å². The van der Waals surface area contributed by atoms with Crippen molar-refractivity contribution in [2.24, 2.45) is 10.9 Å². The van der Waals surface area contributed by atoms with Crippen LogP contribution in [0.3, 0.4) is 0 Å². The van der Waals surface area contributed by atoms with Gasteiger partial charge >= 0.3 is 0 Å². The first kappa shape index (κ1) is 19.1. The van der Waals surface area contributed by atoms with E-state index in [4.69, 9.17) is 10.00 Å². The number of ether oxygens (including phenoxy) is 2. The van der Waals surface area contributed by atoms with Crippen LogP contribution in [0.4, 0.5) is 8.78 Å². The number of alkyl halides is 1. The molecule has 0 spiro atoms. The van der Waals surface area contributed by atoms with E-state index in [1.54, 1.807) is 6.07 Å². The molecule has 2 atom stereocenters. The SMILES string of the molecule is COc1ccc(C#N)nc1CNC(=O)C1C=CC(F)=C(OC(C)F)N=C1. The van der Waals surface area contributed by atoms with Crippen LogP contribution in [0.2, 0.25) is 0 Å². The average Bonchev–Trinajstić information content (AvgIpc) is 2.81. The average molecular weight is 362 g/mol. The van der Waals surface area contributed by atoms with Crippen molar-refractivity contribution >= 4 is 12.1 Å². The Morgan fingerprint density at radius 1 is 1.50 bits per heavy atom. The molecular weight excluding hydrogens is 346 g/mol. The van der Waals surface area contributed by atoms with Crippen molar-refractivity contribution in [1.29, 1.82) is 5.26 Å². The van der Waals surface area contributed by atoms with E-state index in [0.717, 1.165) is 19.2 Å². The second kappa shape index (κ2) is 8.71. The number of allylic oxidation sites excluding steroid dienone is 2. The van der Waals surface area contributed by atoms with Crippen LogP contribution in [0.25, 0.3) is 0 Å². The summed E-state index contributed by atoms with van der Waals surface area (Å²) in [6.07, 6.45) is 1.66. The summed E-state index contributed by atoms with van der Waals surface area (Å²) >= 11 is 0.